The molecule has 2 aromatic rings. The van der Waals surface area contributed by atoms with Crippen LogP contribution in [0.1, 0.15) is 12.5 Å². The van der Waals surface area contributed by atoms with Gasteiger partial charge < -0.3 is 16.0 Å². The predicted octanol–water partition coefficient (Wildman–Crippen LogP) is 4.36. The Kier molecular flexibility index (Phi) is 5.16. The van der Waals surface area contributed by atoms with Crippen molar-refractivity contribution in [1.82, 2.24) is 0 Å². The van der Waals surface area contributed by atoms with E-state index in [1.807, 2.05) is 25.1 Å². The number of hydrogen-bond donors (Lipinski definition) is 3. The van der Waals surface area contributed by atoms with Gasteiger partial charge in [0.1, 0.15) is 0 Å². The van der Waals surface area contributed by atoms with E-state index >= 15 is 0 Å². The number of aryl methyl sites for hydroxylation is 1. The van der Waals surface area contributed by atoms with Gasteiger partial charge in [0.2, 0.25) is 5.91 Å². The van der Waals surface area contributed by atoms with Gasteiger partial charge in [0.05, 0.1) is 0 Å². The molecule has 0 heterocycles. The molecule has 0 saturated carbocycles. The van der Waals surface area contributed by atoms with Gasteiger partial charge in [0.15, 0.2) is 0 Å². The van der Waals surface area contributed by atoms with E-state index < -0.39 is 0 Å². The van der Waals surface area contributed by atoms with Gasteiger partial charge >= 0.3 is 6.03 Å². The molecule has 3 amide bonds. The zero-order valence-electron chi connectivity index (χ0n) is 12.2. The van der Waals surface area contributed by atoms with Crippen molar-refractivity contribution in [2.24, 2.45) is 0 Å². The number of anilines is 3. The van der Waals surface area contributed by atoms with Crippen LogP contribution in [0.3, 0.4) is 0 Å². The summed E-state index contributed by atoms with van der Waals surface area (Å²) in [4.78, 5) is 23.0. The summed E-state index contributed by atoms with van der Waals surface area (Å²) in [6.45, 7) is 3.41. The summed E-state index contributed by atoms with van der Waals surface area (Å²) in [5.41, 5.74) is 3.00. The molecule has 5 nitrogen and oxygen atoms in total. The van der Waals surface area contributed by atoms with Crippen molar-refractivity contribution < 1.29 is 9.59 Å². The van der Waals surface area contributed by atoms with Crippen LogP contribution in [0.2, 0.25) is 0 Å². The Morgan fingerprint density at radius 3 is 2.09 bits per heavy atom. The number of rotatable bonds is 3. The molecule has 2 aromatic carbocycles. The SMILES string of the molecule is CC(=O)Nc1cccc(NC(=O)Nc2ccc(C)c(Br)c2)c1. The molecule has 0 aliphatic heterocycles. The van der Waals surface area contributed by atoms with Gasteiger partial charge in [0.25, 0.3) is 0 Å². The van der Waals surface area contributed by atoms with Gasteiger partial charge in [-0.05, 0) is 42.8 Å². The van der Waals surface area contributed by atoms with Crippen LogP contribution in [-0.2, 0) is 4.79 Å². The van der Waals surface area contributed by atoms with Crippen LogP contribution in [0.25, 0.3) is 0 Å². The quantitative estimate of drug-likeness (QED) is 0.759. The third kappa shape index (κ3) is 4.60. The number of carbonyl (C=O) groups is 2. The van der Waals surface area contributed by atoms with Crippen molar-refractivity contribution in [3.8, 4) is 0 Å². The molecular weight excluding hydrogens is 346 g/mol. The highest BCUT2D eigenvalue weighted by atomic mass is 79.9. The maximum absolute atomic E-state index is 12.0. The molecule has 3 N–H and O–H groups in total. The lowest BCUT2D eigenvalue weighted by molar-refractivity contribution is -0.114. The van der Waals surface area contributed by atoms with E-state index in [-0.39, 0.29) is 11.9 Å². The summed E-state index contributed by atoms with van der Waals surface area (Å²) in [7, 11) is 0. The van der Waals surface area contributed by atoms with E-state index in [0.29, 0.717) is 17.1 Å². The Balaban J connectivity index is 2.02. The number of carbonyl (C=O) groups excluding carboxylic acids is 2. The second-order valence-corrected chi connectivity index (χ2v) is 5.66. The van der Waals surface area contributed by atoms with E-state index in [4.69, 9.17) is 0 Å². The van der Waals surface area contributed by atoms with Gasteiger partial charge in [-0.1, -0.05) is 28.1 Å². The molecule has 0 aliphatic carbocycles. The van der Waals surface area contributed by atoms with Crippen LogP contribution in [0.5, 0.6) is 0 Å². The minimum Gasteiger partial charge on any atom is -0.326 e. The van der Waals surface area contributed by atoms with E-state index in [1.54, 1.807) is 24.3 Å². The van der Waals surface area contributed by atoms with E-state index in [1.165, 1.54) is 6.92 Å². The summed E-state index contributed by atoms with van der Waals surface area (Å²) in [5.74, 6) is -0.161. The molecule has 0 bridgehead atoms. The molecule has 0 atom stereocenters. The maximum Gasteiger partial charge on any atom is 0.323 e. The molecule has 6 heteroatoms. The van der Waals surface area contributed by atoms with Crippen molar-refractivity contribution in [2.75, 3.05) is 16.0 Å². The highest BCUT2D eigenvalue weighted by molar-refractivity contribution is 9.10. The van der Waals surface area contributed by atoms with E-state index in [9.17, 15) is 9.59 Å². The topological polar surface area (TPSA) is 70.2 Å². The van der Waals surface area contributed by atoms with Crippen molar-refractivity contribution in [3.05, 3.63) is 52.5 Å². The Morgan fingerprint density at radius 2 is 1.50 bits per heavy atom. The maximum atomic E-state index is 12.0. The number of amides is 3. The Hall–Kier alpha value is -2.34. The first-order chi connectivity index (χ1) is 10.4. The monoisotopic (exact) mass is 361 g/mol. The molecule has 0 aromatic heterocycles. The minimum atomic E-state index is -0.351. The lowest BCUT2D eigenvalue weighted by Gasteiger charge is -2.10. The molecular formula is C16H16BrN3O2. The summed E-state index contributed by atoms with van der Waals surface area (Å²) in [6.07, 6.45) is 0. The molecule has 114 valence electrons. The molecule has 0 fully saturated rings. The van der Waals surface area contributed by atoms with E-state index in [2.05, 4.69) is 31.9 Å². The Bertz CT molecular complexity index is 716. The van der Waals surface area contributed by atoms with Crippen LogP contribution in [0.15, 0.2) is 46.9 Å². The number of halogens is 1. The number of benzene rings is 2. The largest absolute Gasteiger partial charge is 0.326 e. The van der Waals surface area contributed by atoms with Crippen molar-refractivity contribution in [2.45, 2.75) is 13.8 Å². The number of hydrogen-bond acceptors (Lipinski definition) is 2. The molecule has 0 saturated heterocycles. The molecule has 0 aliphatic rings. The summed E-state index contributed by atoms with van der Waals surface area (Å²) in [5, 5.41) is 8.14. The zero-order valence-corrected chi connectivity index (χ0v) is 13.8. The van der Waals surface area contributed by atoms with Crippen LogP contribution in [-0.4, -0.2) is 11.9 Å². The minimum absolute atomic E-state index is 0.161. The number of urea groups is 1. The highest BCUT2D eigenvalue weighted by Gasteiger charge is 2.05. The van der Waals surface area contributed by atoms with Gasteiger partial charge in [-0.15, -0.1) is 0 Å². The smallest absolute Gasteiger partial charge is 0.323 e. The van der Waals surface area contributed by atoms with Gasteiger partial charge in [-0.25, -0.2) is 4.79 Å². The van der Waals surface area contributed by atoms with Crippen LogP contribution in [0, 0.1) is 6.92 Å². The first-order valence-corrected chi connectivity index (χ1v) is 7.45. The van der Waals surface area contributed by atoms with Crippen molar-refractivity contribution in [3.63, 3.8) is 0 Å². The predicted molar refractivity (Wildman–Crippen MR) is 92.3 cm³/mol. The first kappa shape index (κ1) is 16.0. The second-order valence-electron chi connectivity index (χ2n) is 4.81. The average Bonchev–Trinajstić information content (AvgIpc) is 2.42. The molecule has 2 rings (SSSR count). The van der Waals surface area contributed by atoms with E-state index in [0.717, 1.165) is 10.0 Å². The van der Waals surface area contributed by atoms with Crippen LogP contribution in [0.4, 0.5) is 21.9 Å². The fraction of sp³-hybridized carbons (Fsp3) is 0.125. The number of nitrogens with one attached hydrogen (secondary N) is 3. The Morgan fingerprint density at radius 1 is 0.909 bits per heavy atom. The standard InChI is InChI=1S/C16H16BrN3O2/c1-10-6-7-14(9-15(10)17)20-16(22)19-13-5-3-4-12(8-13)18-11(2)21/h3-9H,1-2H3,(H,18,21)(H2,19,20,22). The molecule has 22 heavy (non-hydrogen) atoms. The lowest BCUT2D eigenvalue weighted by atomic mass is 10.2. The fourth-order valence-corrected chi connectivity index (χ4v) is 2.22. The van der Waals surface area contributed by atoms with Gasteiger partial charge in [0, 0.05) is 28.5 Å². The van der Waals surface area contributed by atoms with Crippen LogP contribution < -0.4 is 16.0 Å². The van der Waals surface area contributed by atoms with Crippen molar-refractivity contribution >= 4 is 44.9 Å². The van der Waals surface area contributed by atoms with Gasteiger partial charge in [-0.2, -0.15) is 0 Å². The molecule has 0 radical (unpaired) electrons. The lowest BCUT2D eigenvalue weighted by Crippen LogP contribution is -2.19. The second kappa shape index (κ2) is 7.09. The third-order valence-electron chi connectivity index (χ3n) is 2.87. The van der Waals surface area contributed by atoms with Gasteiger partial charge in [-0.3, -0.25) is 4.79 Å². The summed E-state index contributed by atoms with van der Waals surface area (Å²) in [6, 6.07) is 12.2. The third-order valence-corrected chi connectivity index (χ3v) is 3.72. The highest BCUT2D eigenvalue weighted by Crippen LogP contribution is 2.21. The molecule has 0 unspecified atom stereocenters. The average molecular weight is 362 g/mol. The normalized spacial score (nSPS) is 9.95. The first-order valence-electron chi connectivity index (χ1n) is 6.66. The fourth-order valence-electron chi connectivity index (χ4n) is 1.84. The summed E-state index contributed by atoms with van der Waals surface area (Å²) >= 11 is 3.42. The van der Waals surface area contributed by atoms with Crippen molar-refractivity contribution in [1.29, 1.82) is 0 Å². The van der Waals surface area contributed by atoms with Crippen LogP contribution >= 0.6 is 15.9 Å². The zero-order chi connectivity index (χ0) is 16.1. The Labute approximate surface area is 137 Å². The summed E-state index contributed by atoms with van der Waals surface area (Å²) < 4.78 is 0.929. The molecule has 0 spiro atoms.